The molecular weight excluding hydrogens is 282 g/mol. The van der Waals surface area contributed by atoms with Gasteiger partial charge in [0.1, 0.15) is 11.8 Å². The van der Waals surface area contributed by atoms with Crippen LogP contribution in [0.4, 0.5) is 0 Å². The number of carbonyl (C=O) groups is 1. The third kappa shape index (κ3) is 2.82. The first-order chi connectivity index (χ1) is 10.1. The molecular formula is C16H21N3OS. The van der Waals surface area contributed by atoms with Crippen molar-refractivity contribution < 1.29 is 4.79 Å². The molecule has 1 aliphatic heterocycles. The standard InChI is InChI=1S/C16H21N3OS/c1-18-11-13(10-17)9-14(18)15(20)19-7-8-21-16(12-19)5-3-2-4-6-16/h9,11H,2-8,12H2,1H3. The summed E-state index contributed by atoms with van der Waals surface area (Å²) in [6.07, 6.45) is 8.10. The molecule has 0 aromatic carbocycles. The van der Waals surface area contributed by atoms with Crippen molar-refractivity contribution in [1.29, 1.82) is 5.26 Å². The molecule has 21 heavy (non-hydrogen) atoms. The number of carbonyl (C=O) groups excluding carboxylic acids is 1. The van der Waals surface area contributed by atoms with Crippen LogP contribution in [0.5, 0.6) is 0 Å². The van der Waals surface area contributed by atoms with Crippen molar-refractivity contribution in [2.75, 3.05) is 18.8 Å². The summed E-state index contributed by atoms with van der Waals surface area (Å²) >= 11 is 2.06. The molecule has 1 amide bonds. The lowest BCUT2D eigenvalue weighted by atomic mass is 9.87. The summed E-state index contributed by atoms with van der Waals surface area (Å²) in [5, 5.41) is 8.97. The van der Waals surface area contributed by atoms with Crippen molar-refractivity contribution >= 4 is 17.7 Å². The number of nitriles is 1. The van der Waals surface area contributed by atoms with Gasteiger partial charge in [0.15, 0.2) is 0 Å². The van der Waals surface area contributed by atoms with Gasteiger partial charge in [-0.1, -0.05) is 19.3 Å². The van der Waals surface area contributed by atoms with Crippen molar-refractivity contribution in [3.63, 3.8) is 0 Å². The van der Waals surface area contributed by atoms with Gasteiger partial charge < -0.3 is 9.47 Å². The van der Waals surface area contributed by atoms with Gasteiger partial charge in [0.05, 0.1) is 5.56 Å². The first-order valence-electron chi connectivity index (χ1n) is 7.63. The summed E-state index contributed by atoms with van der Waals surface area (Å²) < 4.78 is 2.06. The SMILES string of the molecule is Cn1cc(C#N)cc1C(=O)N1CCSC2(CCCCC2)C1. The van der Waals surface area contributed by atoms with Crippen LogP contribution < -0.4 is 0 Å². The largest absolute Gasteiger partial charge is 0.345 e. The Balaban J connectivity index is 1.78. The second kappa shape index (κ2) is 5.76. The average molecular weight is 303 g/mol. The number of thioether (sulfide) groups is 1. The van der Waals surface area contributed by atoms with Gasteiger partial charge in [-0.25, -0.2) is 0 Å². The Morgan fingerprint density at radius 1 is 1.38 bits per heavy atom. The zero-order chi connectivity index (χ0) is 14.9. The van der Waals surface area contributed by atoms with Gasteiger partial charge in [-0.2, -0.15) is 17.0 Å². The quantitative estimate of drug-likeness (QED) is 0.801. The van der Waals surface area contributed by atoms with Crippen molar-refractivity contribution in [3.05, 3.63) is 23.5 Å². The van der Waals surface area contributed by atoms with Crippen LogP contribution in [0.3, 0.4) is 0 Å². The molecule has 0 atom stereocenters. The maximum atomic E-state index is 12.8. The zero-order valence-corrected chi connectivity index (χ0v) is 13.3. The number of aryl methyl sites for hydroxylation is 1. The zero-order valence-electron chi connectivity index (χ0n) is 12.5. The lowest BCUT2D eigenvalue weighted by molar-refractivity contribution is 0.0720. The van der Waals surface area contributed by atoms with Crippen LogP contribution in [0.1, 0.15) is 48.2 Å². The molecule has 0 unspecified atom stereocenters. The van der Waals surface area contributed by atoms with Crippen molar-refractivity contribution in [3.8, 4) is 6.07 Å². The predicted molar refractivity (Wildman–Crippen MR) is 84.3 cm³/mol. The van der Waals surface area contributed by atoms with E-state index in [1.54, 1.807) is 16.8 Å². The summed E-state index contributed by atoms with van der Waals surface area (Å²) in [5.41, 5.74) is 1.18. The first-order valence-corrected chi connectivity index (χ1v) is 8.62. The molecule has 2 aliphatic rings. The van der Waals surface area contributed by atoms with Crippen LogP contribution in [0.2, 0.25) is 0 Å². The fraction of sp³-hybridized carbons (Fsp3) is 0.625. The molecule has 1 aliphatic carbocycles. The fourth-order valence-electron chi connectivity index (χ4n) is 3.52. The van der Waals surface area contributed by atoms with Gasteiger partial charge in [-0.15, -0.1) is 0 Å². The normalized spacial score (nSPS) is 21.2. The van der Waals surface area contributed by atoms with Gasteiger partial charge in [-0.05, 0) is 18.9 Å². The molecule has 4 nitrogen and oxygen atoms in total. The maximum Gasteiger partial charge on any atom is 0.270 e. The van der Waals surface area contributed by atoms with Gasteiger partial charge in [0.2, 0.25) is 0 Å². The minimum atomic E-state index is 0.0734. The molecule has 1 aromatic rings. The van der Waals surface area contributed by atoms with Gasteiger partial charge in [-0.3, -0.25) is 4.79 Å². The molecule has 1 saturated carbocycles. The molecule has 2 fully saturated rings. The van der Waals surface area contributed by atoms with Gasteiger partial charge in [0.25, 0.3) is 5.91 Å². The van der Waals surface area contributed by atoms with E-state index < -0.39 is 0 Å². The molecule has 3 rings (SSSR count). The Bertz CT molecular complexity index is 575. The molecule has 0 radical (unpaired) electrons. The van der Waals surface area contributed by atoms with E-state index in [-0.39, 0.29) is 10.7 Å². The number of aromatic nitrogens is 1. The van der Waals surface area contributed by atoms with Crippen molar-refractivity contribution in [2.24, 2.45) is 7.05 Å². The summed E-state index contributed by atoms with van der Waals surface area (Å²) in [6.45, 7) is 1.68. The number of hydrogen-bond donors (Lipinski definition) is 0. The highest BCUT2D eigenvalue weighted by Gasteiger charge is 2.39. The van der Waals surface area contributed by atoms with Crippen LogP contribution in [0.25, 0.3) is 0 Å². The molecule has 1 saturated heterocycles. The second-order valence-corrected chi connectivity index (χ2v) is 7.72. The molecule has 0 N–H and O–H groups in total. The van der Waals surface area contributed by atoms with E-state index in [4.69, 9.17) is 5.26 Å². The van der Waals surface area contributed by atoms with E-state index in [9.17, 15) is 4.79 Å². The van der Waals surface area contributed by atoms with E-state index in [0.717, 1.165) is 18.8 Å². The highest BCUT2D eigenvalue weighted by molar-refractivity contribution is 8.00. The van der Waals surface area contributed by atoms with Crippen LogP contribution in [0.15, 0.2) is 12.3 Å². The number of amides is 1. The van der Waals surface area contributed by atoms with E-state index >= 15 is 0 Å². The lowest BCUT2D eigenvalue weighted by Gasteiger charge is -2.44. The third-order valence-corrected chi connectivity index (χ3v) is 6.19. The maximum absolute atomic E-state index is 12.8. The summed E-state index contributed by atoms with van der Waals surface area (Å²) in [4.78, 5) is 14.8. The minimum absolute atomic E-state index is 0.0734. The Hall–Kier alpha value is -1.41. The second-order valence-electron chi connectivity index (χ2n) is 6.16. The fourth-order valence-corrected chi connectivity index (χ4v) is 5.09. The number of rotatable bonds is 1. The summed E-state index contributed by atoms with van der Waals surface area (Å²) in [6, 6.07) is 3.81. The van der Waals surface area contributed by atoms with Crippen LogP contribution in [0, 0.1) is 11.3 Å². The van der Waals surface area contributed by atoms with Crippen molar-refractivity contribution in [2.45, 2.75) is 36.9 Å². The molecule has 2 heterocycles. The van der Waals surface area contributed by atoms with Crippen LogP contribution in [-0.4, -0.2) is 39.0 Å². The predicted octanol–water partition coefficient (Wildman–Crippen LogP) is 2.79. The Kier molecular flexibility index (Phi) is 3.99. The number of hydrogen-bond acceptors (Lipinski definition) is 3. The molecule has 0 bridgehead atoms. The van der Waals surface area contributed by atoms with E-state index in [2.05, 4.69) is 17.8 Å². The Morgan fingerprint density at radius 2 is 2.14 bits per heavy atom. The monoisotopic (exact) mass is 303 g/mol. The average Bonchev–Trinajstić information content (AvgIpc) is 2.88. The lowest BCUT2D eigenvalue weighted by Crippen LogP contribution is -2.50. The third-order valence-electron chi connectivity index (χ3n) is 4.65. The topological polar surface area (TPSA) is 49.0 Å². The first kappa shape index (κ1) is 14.5. The van der Waals surface area contributed by atoms with Gasteiger partial charge >= 0.3 is 0 Å². The van der Waals surface area contributed by atoms with Crippen LogP contribution >= 0.6 is 11.8 Å². The van der Waals surface area contributed by atoms with E-state index in [1.165, 1.54) is 32.1 Å². The van der Waals surface area contributed by atoms with Gasteiger partial charge in [0, 0.05) is 36.8 Å². The molecule has 1 spiro atoms. The highest BCUT2D eigenvalue weighted by atomic mass is 32.2. The highest BCUT2D eigenvalue weighted by Crippen LogP contribution is 2.42. The molecule has 112 valence electrons. The van der Waals surface area contributed by atoms with Crippen molar-refractivity contribution in [1.82, 2.24) is 9.47 Å². The molecule has 1 aromatic heterocycles. The summed E-state index contributed by atoms with van der Waals surface area (Å²) in [5.74, 6) is 1.10. The van der Waals surface area contributed by atoms with E-state index in [1.807, 2.05) is 11.9 Å². The smallest absolute Gasteiger partial charge is 0.270 e. The number of nitrogens with zero attached hydrogens (tertiary/aromatic N) is 3. The van der Waals surface area contributed by atoms with Crippen LogP contribution in [-0.2, 0) is 7.05 Å². The Morgan fingerprint density at radius 3 is 2.81 bits per heavy atom. The van der Waals surface area contributed by atoms with E-state index in [0.29, 0.717) is 11.3 Å². The minimum Gasteiger partial charge on any atom is -0.345 e. The molecule has 5 heteroatoms. The summed E-state index contributed by atoms with van der Waals surface area (Å²) in [7, 11) is 1.84. The Labute approximate surface area is 130 Å².